The average molecular weight is 513 g/mol. The number of benzene rings is 1. The summed E-state index contributed by atoms with van der Waals surface area (Å²) in [5.74, 6) is -3.42. The molecule has 0 saturated carbocycles. The van der Waals surface area contributed by atoms with E-state index >= 15 is 0 Å². The lowest BCUT2D eigenvalue weighted by Gasteiger charge is -2.36. The summed E-state index contributed by atoms with van der Waals surface area (Å²) in [6, 6.07) is 4.34. The summed E-state index contributed by atoms with van der Waals surface area (Å²) in [7, 11) is 0. The third kappa shape index (κ3) is 5.66. The van der Waals surface area contributed by atoms with Crippen molar-refractivity contribution in [1.29, 1.82) is 0 Å². The van der Waals surface area contributed by atoms with Crippen LogP contribution in [0.2, 0.25) is 0 Å². The molecule has 3 amide bonds. The molecule has 194 valence electrons. The first kappa shape index (κ1) is 25.2. The molecule has 2 aliphatic rings. The molecule has 0 unspecified atom stereocenters. The maximum absolute atomic E-state index is 15.0. The Balaban J connectivity index is 1.31. The maximum atomic E-state index is 15.0. The molecule has 3 heterocycles. The van der Waals surface area contributed by atoms with Gasteiger partial charge in [0.1, 0.15) is 11.9 Å². The van der Waals surface area contributed by atoms with Crippen molar-refractivity contribution < 1.29 is 36.7 Å². The molecular weight excluding hydrogens is 490 g/mol. The van der Waals surface area contributed by atoms with Crippen LogP contribution in [0.1, 0.15) is 5.69 Å². The number of hydrogen-bond donors (Lipinski definition) is 1. The number of aryl methyl sites for hydroxylation is 1. The lowest BCUT2D eigenvalue weighted by molar-refractivity contribution is -0.174. The van der Waals surface area contributed by atoms with Crippen molar-refractivity contribution in [3.05, 3.63) is 35.9 Å². The predicted octanol–water partition coefficient (Wildman–Crippen LogP) is 1.08. The van der Waals surface area contributed by atoms with E-state index in [9.17, 15) is 31.9 Å². The van der Waals surface area contributed by atoms with Gasteiger partial charge >= 0.3 is 18.2 Å². The number of anilines is 2. The molecule has 36 heavy (non-hydrogen) atoms. The van der Waals surface area contributed by atoms with E-state index in [0.717, 1.165) is 5.69 Å². The highest BCUT2D eigenvalue weighted by molar-refractivity contribution is 5.90. The molecule has 4 rings (SSSR count). The summed E-state index contributed by atoms with van der Waals surface area (Å²) in [6.45, 7) is 2.30. The number of amides is 3. The van der Waals surface area contributed by atoms with Crippen LogP contribution in [0.3, 0.4) is 0 Å². The van der Waals surface area contributed by atoms with E-state index in [4.69, 9.17) is 4.74 Å². The molecule has 0 bridgehead atoms. The van der Waals surface area contributed by atoms with Gasteiger partial charge in [0.25, 0.3) is 0 Å². The van der Waals surface area contributed by atoms with Crippen molar-refractivity contribution in [2.45, 2.75) is 25.7 Å². The number of carbonyl (C=O) groups excluding carboxylic acids is 3. The lowest BCUT2D eigenvalue weighted by atomic mass is 10.2. The van der Waals surface area contributed by atoms with Crippen LogP contribution in [-0.2, 0) is 20.9 Å². The van der Waals surface area contributed by atoms with Gasteiger partial charge < -0.3 is 19.9 Å². The molecule has 0 radical (unpaired) electrons. The second-order valence-corrected chi connectivity index (χ2v) is 8.38. The first-order chi connectivity index (χ1) is 17.0. The van der Waals surface area contributed by atoms with Crippen LogP contribution in [-0.4, -0.2) is 89.4 Å². The first-order valence-corrected chi connectivity index (χ1v) is 11.0. The second-order valence-electron chi connectivity index (χ2n) is 8.38. The Morgan fingerprint density at radius 2 is 1.92 bits per heavy atom. The third-order valence-corrected chi connectivity index (χ3v) is 5.79. The minimum Gasteiger partial charge on any atom is -0.442 e. The Hall–Kier alpha value is -3.91. The van der Waals surface area contributed by atoms with E-state index in [1.165, 1.54) is 21.9 Å². The van der Waals surface area contributed by atoms with Crippen molar-refractivity contribution in [2.24, 2.45) is 0 Å². The Morgan fingerprint density at radius 1 is 1.19 bits per heavy atom. The number of nitrogens with zero attached hydrogens (tertiary/aromatic N) is 6. The average Bonchev–Trinajstić information content (AvgIpc) is 3.41. The van der Waals surface area contributed by atoms with Crippen LogP contribution in [0.4, 0.5) is 33.7 Å². The van der Waals surface area contributed by atoms with E-state index < -0.39 is 42.5 Å². The number of hydrogen-bond acceptors (Lipinski definition) is 7. The van der Waals surface area contributed by atoms with Gasteiger partial charge in [0.2, 0.25) is 5.91 Å². The van der Waals surface area contributed by atoms with Gasteiger partial charge in [-0.25, -0.2) is 13.9 Å². The van der Waals surface area contributed by atoms with Gasteiger partial charge in [0.05, 0.1) is 36.7 Å². The SMILES string of the molecule is Cc1cn(C[C@H]2CN(c3ccc(N4CCN(C(=O)CNC(=O)C(F)(F)F)CC4)c(F)c3)C(=O)O2)nn1. The molecule has 1 aromatic carbocycles. The molecule has 1 N–H and O–H groups in total. The molecule has 2 fully saturated rings. The van der Waals surface area contributed by atoms with Gasteiger partial charge in [-0.3, -0.25) is 14.5 Å². The number of rotatable bonds is 6. The fraction of sp³-hybridized carbons (Fsp3) is 0.476. The highest BCUT2D eigenvalue weighted by Gasteiger charge is 2.39. The monoisotopic (exact) mass is 513 g/mol. The van der Waals surface area contributed by atoms with Crippen molar-refractivity contribution >= 4 is 29.3 Å². The van der Waals surface area contributed by atoms with Gasteiger partial charge in [-0.2, -0.15) is 13.2 Å². The van der Waals surface area contributed by atoms with E-state index in [-0.39, 0.29) is 38.4 Å². The molecule has 15 heteroatoms. The standard InChI is InChI=1S/C21H23F4N7O4/c1-13-10-31(28-27-13)11-15-12-32(20(35)36-15)14-2-3-17(16(22)8-14)29-4-6-30(7-5-29)18(33)9-26-19(34)21(23,24)25/h2-3,8,10,15H,4-7,9,11-12H2,1H3,(H,26,34)/t15-/m0/s1. The van der Waals surface area contributed by atoms with Crippen LogP contribution >= 0.6 is 0 Å². The minimum absolute atomic E-state index is 0.143. The molecule has 2 aromatic rings. The predicted molar refractivity (Wildman–Crippen MR) is 117 cm³/mol. The number of piperazine rings is 1. The molecule has 1 atom stereocenters. The Morgan fingerprint density at radius 3 is 2.53 bits per heavy atom. The van der Waals surface area contributed by atoms with Gasteiger partial charge in [-0.1, -0.05) is 5.21 Å². The highest BCUT2D eigenvalue weighted by Crippen LogP contribution is 2.29. The largest absolute Gasteiger partial charge is 0.471 e. The summed E-state index contributed by atoms with van der Waals surface area (Å²) < 4.78 is 58.7. The quantitative estimate of drug-likeness (QED) is 0.576. The van der Waals surface area contributed by atoms with Gasteiger partial charge in [-0.15, -0.1) is 5.10 Å². The minimum atomic E-state index is -5.06. The van der Waals surface area contributed by atoms with Crippen molar-refractivity contribution in [1.82, 2.24) is 25.2 Å². The van der Waals surface area contributed by atoms with Crippen LogP contribution in [0.25, 0.3) is 0 Å². The number of halogens is 4. The fourth-order valence-corrected chi connectivity index (χ4v) is 4.01. The van der Waals surface area contributed by atoms with Crippen LogP contribution in [0.15, 0.2) is 24.4 Å². The zero-order valence-electron chi connectivity index (χ0n) is 19.2. The zero-order chi connectivity index (χ0) is 26.0. The summed E-state index contributed by atoms with van der Waals surface area (Å²) in [4.78, 5) is 39.6. The first-order valence-electron chi connectivity index (χ1n) is 11.0. The van der Waals surface area contributed by atoms with E-state index in [1.807, 2.05) is 0 Å². The van der Waals surface area contributed by atoms with E-state index in [2.05, 4.69) is 10.3 Å². The van der Waals surface area contributed by atoms with Crippen molar-refractivity contribution in [3.63, 3.8) is 0 Å². The molecule has 2 aliphatic heterocycles. The molecular formula is C21H23F4N7O4. The summed E-state index contributed by atoms with van der Waals surface area (Å²) >= 11 is 0. The zero-order valence-corrected chi connectivity index (χ0v) is 19.2. The smallest absolute Gasteiger partial charge is 0.442 e. The number of alkyl halides is 3. The lowest BCUT2D eigenvalue weighted by Crippen LogP contribution is -2.52. The Labute approximate surface area is 202 Å². The van der Waals surface area contributed by atoms with Gasteiger partial charge in [0, 0.05) is 32.4 Å². The summed E-state index contributed by atoms with van der Waals surface area (Å²) in [5, 5.41) is 9.36. The normalized spacial score (nSPS) is 18.4. The number of carbonyl (C=O) groups is 3. The molecule has 0 spiro atoms. The van der Waals surface area contributed by atoms with Gasteiger partial charge in [-0.05, 0) is 25.1 Å². The highest BCUT2D eigenvalue weighted by atomic mass is 19.4. The Kier molecular flexibility index (Phi) is 6.99. The number of cyclic esters (lactones) is 1. The van der Waals surface area contributed by atoms with Crippen molar-refractivity contribution in [3.8, 4) is 0 Å². The fourth-order valence-electron chi connectivity index (χ4n) is 4.01. The van der Waals surface area contributed by atoms with E-state index in [1.54, 1.807) is 34.1 Å². The van der Waals surface area contributed by atoms with E-state index in [0.29, 0.717) is 12.2 Å². The number of ether oxygens (including phenoxy) is 1. The van der Waals surface area contributed by atoms with Crippen molar-refractivity contribution in [2.75, 3.05) is 49.1 Å². The second kappa shape index (κ2) is 9.99. The van der Waals surface area contributed by atoms with Crippen LogP contribution in [0.5, 0.6) is 0 Å². The van der Waals surface area contributed by atoms with Crippen LogP contribution in [0, 0.1) is 12.7 Å². The summed E-state index contributed by atoms with van der Waals surface area (Å²) in [6.07, 6.45) is -4.43. The molecule has 0 aliphatic carbocycles. The van der Waals surface area contributed by atoms with Crippen LogP contribution < -0.4 is 15.1 Å². The topological polar surface area (TPSA) is 113 Å². The maximum Gasteiger partial charge on any atom is 0.471 e. The Bertz CT molecular complexity index is 1150. The summed E-state index contributed by atoms with van der Waals surface area (Å²) in [5.41, 5.74) is 1.32. The molecule has 1 aromatic heterocycles. The molecule has 11 nitrogen and oxygen atoms in total. The number of nitrogens with one attached hydrogen (secondary N) is 1. The molecule has 2 saturated heterocycles. The third-order valence-electron chi connectivity index (χ3n) is 5.79. The number of aromatic nitrogens is 3. The van der Waals surface area contributed by atoms with Gasteiger partial charge in [0.15, 0.2) is 0 Å².